The molecule has 3 rings (SSSR count). The molecule has 0 amide bonds. The third-order valence-corrected chi connectivity index (χ3v) is 4.44. The minimum absolute atomic E-state index is 0.263. The zero-order chi connectivity index (χ0) is 18.6. The molecule has 25 heavy (non-hydrogen) atoms. The Morgan fingerprint density at radius 1 is 1.24 bits per heavy atom. The molecule has 0 spiro atoms. The van der Waals surface area contributed by atoms with E-state index in [-0.39, 0.29) is 5.75 Å². The van der Waals surface area contributed by atoms with Gasteiger partial charge in [-0.25, -0.2) is 22.3 Å². The molecule has 1 aliphatic carbocycles. The van der Waals surface area contributed by atoms with E-state index in [1.165, 1.54) is 0 Å². The minimum Gasteiger partial charge on any atom is -0.455 e. The predicted molar refractivity (Wildman–Crippen MR) is 75.2 cm³/mol. The summed E-state index contributed by atoms with van der Waals surface area (Å²) in [7, 11) is -4.58. The number of rotatable bonds is 3. The maximum absolute atomic E-state index is 14.2. The Bertz CT molecular complexity index is 994. The SMILES string of the molecule is NS(=O)(=O)c1ccc(Oc2cncc(F)c2)c2c1C(=O)C(F)(F)[C@@H]2F. The van der Waals surface area contributed by atoms with Gasteiger partial charge in [-0.05, 0) is 12.1 Å². The quantitative estimate of drug-likeness (QED) is 0.830. The fourth-order valence-corrected chi connectivity index (χ4v) is 3.18. The number of hydrogen-bond donors (Lipinski definition) is 1. The van der Waals surface area contributed by atoms with Gasteiger partial charge in [-0.2, -0.15) is 8.78 Å². The van der Waals surface area contributed by atoms with Gasteiger partial charge in [0.15, 0.2) is 0 Å². The average molecular weight is 376 g/mol. The van der Waals surface area contributed by atoms with Crippen molar-refractivity contribution in [3.63, 3.8) is 0 Å². The second kappa shape index (κ2) is 5.49. The highest BCUT2D eigenvalue weighted by Gasteiger charge is 2.59. The molecule has 2 aromatic rings. The number of ether oxygens (including phenoxy) is 1. The van der Waals surface area contributed by atoms with E-state index in [0.717, 1.165) is 30.6 Å². The van der Waals surface area contributed by atoms with Gasteiger partial charge in [0.2, 0.25) is 22.0 Å². The molecule has 0 aliphatic heterocycles. The summed E-state index contributed by atoms with van der Waals surface area (Å²) < 4.78 is 83.1. The number of sulfonamides is 1. The number of nitrogens with zero attached hydrogens (tertiary/aromatic N) is 1. The van der Waals surface area contributed by atoms with Crippen LogP contribution < -0.4 is 9.88 Å². The van der Waals surface area contributed by atoms with Crippen LogP contribution in [0.5, 0.6) is 11.5 Å². The Balaban J connectivity index is 2.23. The van der Waals surface area contributed by atoms with Crippen molar-refractivity contribution >= 4 is 15.8 Å². The van der Waals surface area contributed by atoms with E-state index in [1.807, 2.05) is 0 Å². The Hall–Kier alpha value is -2.53. The van der Waals surface area contributed by atoms with Gasteiger partial charge >= 0.3 is 5.92 Å². The van der Waals surface area contributed by atoms with Crippen molar-refractivity contribution in [3.05, 3.63) is 47.5 Å². The van der Waals surface area contributed by atoms with Crippen LogP contribution in [-0.4, -0.2) is 25.1 Å². The number of carbonyl (C=O) groups is 1. The third-order valence-electron chi connectivity index (χ3n) is 3.48. The molecule has 0 radical (unpaired) electrons. The molecule has 6 nitrogen and oxygen atoms in total. The molecule has 0 fully saturated rings. The van der Waals surface area contributed by atoms with Crippen molar-refractivity contribution in [1.82, 2.24) is 4.98 Å². The first-order chi connectivity index (χ1) is 11.5. The van der Waals surface area contributed by atoms with Crippen LogP contribution in [0, 0.1) is 5.82 Å². The zero-order valence-corrected chi connectivity index (χ0v) is 12.9. The maximum Gasteiger partial charge on any atom is 0.344 e. The topological polar surface area (TPSA) is 99.3 Å². The first-order valence-electron chi connectivity index (χ1n) is 6.58. The van der Waals surface area contributed by atoms with E-state index in [2.05, 4.69) is 4.98 Å². The van der Waals surface area contributed by atoms with Gasteiger partial charge in [-0.15, -0.1) is 0 Å². The van der Waals surface area contributed by atoms with Crippen molar-refractivity contribution in [1.29, 1.82) is 0 Å². The second-order valence-corrected chi connectivity index (χ2v) is 6.68. The molecular formula is C14H8F4N2O4S. The molecule has 1 aliphatic rings. The number of pyridine rings is 1. The fourth-order valence-electron chi connectivity index (χ4n) is 2.43. The third kappa shape index (κ3) is 2.74. The van der Waals surface area contributed by atoms with Crippen LogP contribution in [0.15, 0.2) is 35.5 Å². The monoisotopic (exact) mass is 376 g/mol. The molecule has 0 bridgehead atoms. The molecule has 0 saturated carbocycles. The van der Waals surface area contributed by atoms with Crippen molar-refractivity contribution in [2.45, 2.75) is 17.0 Å². The Morgan fingerprint density at radius 2 is 1.92 bits per heavy atom. The summed E-state index contributed by atoms with van der Waals surface area (Å²) in [6, 6.07) is 2.43. The van der Waals surface area contributed by atoms with Gasteiger partial charge in [0, 0.05) is 11.6 Å². The van der Waals surface area contributed by atoms with Crippen LogP contribution in [0.2, 0.25) is 0 Å². The summed E-state index contributed by atoms with van der Waals surface area (Å²) in [6.45, 7) is 0. The molecule has 1 atom stereocenters. The van der Waals surface area contributed by atoms with Crippen LogP contribution in [0.25, 0.3) is 0 Å². The number of alkyl halides is 3. The standard InChI is InChI=1S/C14H8F4N2O4S/c15-6-3-7(5-20-4-6)24-8-1-2-9(25(19,22)23)11-10(8)12(16)14(17,18)13(11)21/h1-5,12H,(H2,19,22,23)/t12-/m1/s1. The van der Waals surface area contributed by atoms with E-state index >= 15 is 0 Å². The summed E-state index contributed by atoms with van der Waals surface area (Å²) >= 11 is 0. The van der Waals surface area contributed by atoms with Gasteiger partial charge in [0.25, 0.3) is 0 Å². The van der Waals surface area contributed by atoms with Crippen LogP contribution in [0.1, 0.15) is 22.1 Å². The molecule has 132 valence electrons. The summed E-state index contributed by atoms with van der Waals surface area (Å²) in [5.41, 5.74) is -2.05. The van der Waals surface area contributed by atoms with Crippen LogP contribution >= 0.6 is 0 Å². The molecule has 2 N–H and O–H groups in total. The minimum atomic E-state index is -4.58. The van der Waals surface area contributed by atoms with Crippen molar-refractivity contribution in [2.75, 3.05) is 0 Å². The lowest BCUT2D eigenvalue weighted by Gasteiger charge is -2.13. The van der Waals surface area contributed by atoms with Gasteiger partial charge < -0.3 is 4.74 Å². The summed E-state index contributed by atoms with van der Waals surface area (Å²) in [6.07, 6.45) is -1.28. The van der Waals surface area contributed by atoms with Crippen molar-refractivity contribution < 1.29 is 35.5 Å². The molecule has 11 heteroatoms. The van der Waals surface area contributed by atoms with E-state index in [0.29, 0.717) is 0 Å². The highest BCUT2D eigenvalue weighted by atomic mass is 32.2. The lowest BCUT2D eigenvalue weighted by atomic mass is 10.1. The number of benzene rings is 1. The zero-order valence-electron chi connectivity index (χ0n) is 12.0. The largest absolute Gasteiger partial charge is 0.455 e. The van der Waals surface area contributed by atoms with Crippen LogP contribution in [0.3, 0.4) is 0 Å². The first-order valence-corrected chi connectivity index (χ1v) is 8.13. The maximum atomic E-state index is 14.2. The Morgan fingerprint density at radius 3 is 2.52 bits per heavy atom. The number of carbonyl (C=O) groups excluding carboxylic acids is 1. The van der Waals surface area contributed by atoms with E-state index in [4.69, 9.17) is 9.88 Å². The number of primary sulfonamides is 1. The Kier molecular flexibility index (Phi) is 3.80. The van der Waals surface area contributed by atoms with Gasteiger partial charge in [-0.1, -0.05) is 0 Å². The van der Waals surface area contributed by atoms with Crippen molar-refractivity contribution in [3.8, 4) is 11.5 Å². The molecule has 0 saturated heterocycles. The predicted octanol–water partition coefficient (Wildman–Crippen LogP) is 2.50. The van der Waals surface area contributed by atoms with Crippen LogP contribution in [0.4, 0.5) is 17.6 Å². The number of Topliss-reactive ketones (excluding diaryl/α,β-unsaturated/α-hetero) is 1. The molecule has 1 aromatic carbocycles. The van der Waals surface area contributed by atoms with E-state index < -0.39 is 55.5 Å². The smallest absolute Gasteiger partial charge is 0.344 e. The molecule has 0 unspecified atom stereocenters. The molecule has 1 heterocycles. The first kappa shape index (κ1) is 17.3. The lowest BCUT2D eigenvalue weighted by Crippen LogP contribution is -2.27. The van der Waals surface area contributed by atoms with E-state index in [9.17, 15) is 30.8 Å². The number of halogens is 4. The summed E-state index contributed by atoms with van der Waals surface area (Å²) in [5.74, 6) is -8.16. The normalized spacial score (nSPS) is 18.9. The number of nitrogens with two attached hydrogens (primary N) is 1. The number of ketones is 1. The highest BCUT2D eigenvalue weighted by Crippen LogP contribution is 2.51. The van der Waals surface area contributed by atoms with E-state index in [1.54, 1.807) is 0 Å². The van der Waals surface area contributed by atoms with Gasteiger partial charge in [-0.3, -0.25) is 9.78 Å². The number of fused-ring (bicyclic) bond motifs is 1. The van der Waals surface area contributed by atoms with Gasteiger partial charge in [0.05, 0.1) is 22.9 Å². The fraction of sp³-hybridized carbons (Fsp3) is 0.143. The van der Waals surface area contributed by atoms with Gasteiger partial charge in [0.1, 0.15) is 17.3 Å². The lowest BCUT2D eigenvalue weighted by molar-refractivity contribution is -0.0368. The highest BCUT2D eigenvalue weighted by molar-refractivity contribution is 7.89. The molecular weight excluding hydrogens is 368 g/mol. The van der Waals surface area contributed by atoms with Crippen LogP contribution in [-0.2, 0) is 10.0 Å². The molecule has 1 aromatic heterocycles. The Labute approximate surface area is 138 Å². The summed E-state index contributed by atoms with van der Waals surface area (Å²) in [4.78, 5) is 14.3. The number of hydrogen-bond acceptors (Lipinski definition) is 5. The number of aromatic nitrogens is 1. The summed E-state index contributed by atoms with van der Waals surface area (Å²) in [5, 5.41) is 4.90. The van der Waals surface area contributed by atoms with Crippen molar-refractivity contribution in [2.24, 2.45) is 5.14 Å². The average Bonchev–Trinajstić information content (AvgIpc) is 2.68. The second-order valence-electron chi connectivity index (χ2n) is 5.15.